The van der Waals surface area contributed by atoms with Gasteiger partial charge in [0.15, 0.2) is 0 Å². The molecule has 0 saturated heterocycles. The fraction of sp³-hybridized carbons (Fsp3) is 0.941. The molecule has 0 bridgehead atoms. The average molecular weight is 330 g/mol. The summed E-state index contributed by atoms with van der Waals surface area (Å²) >= 11 is 1.71. The predicted molar refractivity (Wildman–Crippen MR) is 81.0 cm³/mol. The molecule has 0 rings (SSSR count). The van der Waals surface area contributed by atoms with E-state index >= 15 is 0 Å². The Hall–Kier alpha value is 0.753. The molecule has 0 atom stereocenters. The molecule has 0 fully saturated rings. The van der Waals surface area contributed by atoms with Crippen LogP contribution in [0.4, 0.5) is 0 Å². The molecule has 0 aliphatic heterocycles. The van der Waals surface area contributed by atoms with Gasteiger partial charge in [-0.1, -0.05) is 0 Å². The molecule has 1 heteroatoms. The van der Waals surface area contributed by atoms with Crippen LogP contribution in [0.1, 0.15) is 104 Å². The van der Waals surface area contributed by atoms with E-state index in [4.69, 9.17) is 0 Å². The van der Waals surface area contributed by atoms with Crippen LogP contribution in [-0.4, -0.2) is 3.21 Å². The van der Waals surface area contributed by atoms with Gasteiger partial charge in [0.05, 0.1) is 0 Å². The summed E-state index contributed by atoms with van der Waals surface area (Å²) in [5.74, 6) is 0. The third kappa shape index (κ3) is 14.8. The number of unbranched alkanes of at least 4 members (excludes halogenated alkanes) is 10. The van der Waals surface area contributed by atoms with Crippen molar-refractivity contribution in [2.24, 2.45) is 0 Å². The minimum atomic E-state index is 1.37. The van der Waals surface area contributed by atoms with Gasteiger partial charge in [-0.25, -0.2) is 0 Å². The van der Waals surface area contributed by atoms with Crippen LogP contribution in [-0.2, 0) is 24.2 Å². The third-order valence-electron chi connectivity index (χ3n) is 3.66. The van der Waals surface area contributed by atoms with Gasteiger partial charge in [0, 0.05) is 0 Å². The summed E-state index contributed by atoms with van der Waals surface area (Å²) in [6.07, 6.45) is 20.2. The topological polar surface area (TPSA) is 0 Å². The van der Waals surface area contributed by atoms with Crippen molar-refractivity contribution >= 4 is 3.21 Å². The van der Waals surface area contributed by atoms with Gasteiger partial charge in [-0.05, 0) is 0 Å². The molecule has 0 nitrogen and oxygen atoms in total. The molecule has 0 unspecified atom stereocenters. The van der Waals surface area contributed by atoms with E-state index in [1.165, 1.54) is 89.9 Å². The fourth-order valence-electron chi connectivity index (χ4n) is 2.36. The van der Waals surface area contributed by atoms with E-state index in [0.29, 0.717) is 0 Å². The number of hydrogen-bond donors (Lipinski definition) is 0. The van der Waals surface area contributed by atoms with E-state index in [-0.39, 0.29) is 0 Å². The SMILES string of the molecule is CCCCCCCC[C](=[Zr+2])CCCCCCCC. The van der Waals surface area contributed by atoms with Crippen LogP contribution >= 0.6 is 0 Å². The first kappa shape index (κ1) is 18.8. The van der Waals surface area contributed by atoms with E-state index in [1.807, 2.05) is 3.21 Å². The van der Waals surface area contributed by atoms with E-state index in [0.717, 1.165) is 0 Å². The summed E-state index contributed by atoms with van der Waals surface area (Å²) in [7, 11) is 0. The first-order valence-electron chi connectivity index (χ1n) is 8.37. The van der Waals surface area contributed by atoms with E-state index < -0.39 is 0 Å². The Bertz CT molecular complexity index is 156. The van der Waals surface area contributed by atoms with Gasteiger partial charge in [-0.15, -0.1) is 0 Å². The van der Waals surface area contributed by atoms with Gasteiger partial charge in [0.25, 0.3) is 0 Å². The third-order valence-corrected chi connectivity index (χ3v) is 4.89. The molecule has 0 radical (unpaired) electrons. The second kappa shape index (κ2) is 15.8. The van der Waals surface area contributed by atoms with Gasteiger partial charge < -0.3 is 0 Å². The molecule has 0 saturated carbocycles. The molecule has 0 amide bonds. The Labute approximate surface area is 131 Å². The van der Waals surface area contributed by atoms with E-state index in [2.05, 4.69) is 13.8 Å². The molecule has 0 N–H and O–H groups in total. The molecule has 0 aliphatic carbocycles. The minimum absolute atomic E-state index is 1.37. The summed E-state index contributed by atoms with van der Waals surface area (Å²) in [4.78, 5) is 0. The Kier molecular flexibility index (Phi) is 16.5. The van der Waals surface area contributed by atoms with Crippen LogP contribution in [0.3, 0.4) is 0 Å². The molecular weight excluding hydrogens is 295 g/mol. The van der Waals surface area contributed by atoms with Crippen LogP contribution in [0.2, 0.25) is 0 Å². The summed E-state index contributed by atoms with van der Waals surface area (Å²) in [5.41, 5.74) is 0. The van der Waals surface area contributed by atoms with Crippen molar-refractivity contribution in [3.63, 3.8) is 0 Å². The zero-order chi connectivity index (χ0) is 13.5. The van der Waals surface area contributed by atoms with Gasteiger partial charge in [0.2, 0.25) is 0 Å². The van der Waals surface area contributed by atoms with Crippen LogP contribution in [0.25, 0.3) is 0 Å². The molecule has 104 valence electrons. The van der Waals surface area contributed by atoms with Gasteiger partial charge in [-0.2, -0.15) is 0 Å². The van der Waals surface area contributed by atoms with Gasteiger partial charge >= 0.3 is 131 Å². The number of rotatable bonds is 14. The molecule has 18 heavy (non-hydrogen) atoms. The Morgan fingerprint density at radius 2 is 0.889 bits per heavy atom. The van der Waals surface area contributed by atoms with Crippen LogP contribution in [0.5, 0.6) is 0 Å². The normalized spacial score (nSPS) is 10.9. The Morgan fingerprint density at radius 1 is 0.556 bits per heavy atom. The Morgan fingerprint density at radius 3 is 1.28 bits per heavy atom. The van der Waals surface area contributed by atoms with E-state index in [1.54, 1.807) is 24.2 Å². The zero-order valence-electron chi connectivity index (χ0n) is 12.9. The van der Waals surface area contributed by atoms with Crippen LogP contribution in [0, 0.1) is 0 Å². The zero-order valence-corrected chi connectivity index (χ0v) is 15.4. The summed E-state index contributed by atoms with van der Waals surface area (Å²) in [6.45, 7) is 4.59. The van der Waals surface area contributed by atoms with Crippen molar-refractivity contribution in [3.05, 3.63) is 0 Å². The van der Waals surface area contributed by atoms with E-state index in [9.17, 15) is 0 Å². The molecular formula is C17H34Zr+2. The quantitative estimate of drug-likeness (QED) is 0.332. The summed E-state index contributed by atoms with van der Waals surface area (Å²) in [5, 5.41) is 0. The molecule has 0 aromatic carbocycles. The monoisotopic (exact) mass is 328 g/mol. The summed E-state index contributed by atoms with van der Waals surface area (Å²) in [6, 6.07) is 0. The number of hydrogen-bond acceptors (Lipinski definition) is 0. The van der Waals surface area contributed by atoms with Crippen molar-refractivity contribution in [2.75, 3.05) is 0 Å². The maximum absolute atomic E-state index is 2.29. The van der Waals surface area contributed by atoms with Gasteiger partial charge in [0.1, 0.15) is 0 Å². The van der Waals surface area contributed by atoms with Crippen molar-refractivity contribution in [2.45, 2.75) is 104 Å². The predicted octanol–water partition coefficient (Wildman–Crippen LogP) is 6.21. The van der Waals surface area contributed by atoms with Crippen LogP contribution < -0.4 is 0 Å². The van der Waals surface area contributed by atoms with Crippen molar-refractivity contribution in [1.82, 2.24) is 0 Å². The molecule has 0 aliphatic rings. The Balaban J connectivity index is 3.12. The average Bonchev–Trinajstić information content (AvgIpc) is 2.38. The molecule has 0 spiro atoms. The summed E-state index contributed by atoms with van der Waals surface area (Å²) < 4.78 is 1.84. The van der Waals surface area contributed by atoms with Crippen LogP contribution in [0.15, 0.2) is 0 Å². The molecule has 0 aromatic heterocycles. The fourth-order valence-corrected chi connectivity index (χ4v) is 3.23. The molecule has 0 heterocycles. The standard InChI is InChI=1S/C17H34.Zr/c1-3-5-7-9-11-13-15-17-16-14-12-10-8-6-4-2;/h3-16H2,1-2H3;/q;+2. The second-order valence-electron chi connectivity index (χ2n) is 5.64. The first-order valence-corrected chi connectivity index (χ1v) is 9.60. The van der Waals surface area contributed by atoms with Crippen molar-refractivity contribution in [1.29, 1.82) is 0 Å². The maximum atomic E-state index is 2.29. The van der Waals surface area contributed by atoms with Gasteiger partial charge in [-0.3, -0.25) is 0 Å². The first-order chi connectivity index (χ1) is 8.81. The second-order valence-corrected chi connectivity index (χ2v) is 7.38. The van der Waals surface area contributed by atoms with Crippen molar-refractivity contribution in [3.8, 4) is 0 Å². The van der Waals surface area contributed by atoms with Crippen molar-refractivity contribution < 1.29 is 24.2 Å². The molecule has 0 aromatic rings.